The number of hydrogen-bond acceptors (Lipinski definition) is 5. The zero-order valence-electron chi connectivity index (χ0n) is 6.64. The van der Waals surface area contributed by atoms with Gasteiger partial charge in [-0.3, -0.25) is 15.2 Å². The molecule has 0 aliphatic carbocycles. The Morgan fingerprint density at radius 3 is 2.46 bits per heavy atom. The topological polar surface area (TPSA) is 112 Å². The first-order chi connectivity index (χ1) is 6.26. The van der Waals surface area contributed by atoms with Crippen LogP contribution in [-0.4, -0.2) is 16.0 Å². The molecule has 4 N–H and O–H groups in total. The number of rotatable bonds is 1. The molecule has 1 heterocycles. The van der Waals surface area contributed by atoms with E-state index in [9.17, 15) is 4.79 Å². The summed E-state index contributed by atoms with van der Waals surface area (Å²) in [7, 11) is 0. The van der Waals surface area contributed by atoms with Crippen molar-refractivity contribution in [2.24, 2.45) is 5.84 Å². The van der Waals surface area contributed by atoms with Gasteiger partial charge >= 0.3 is 0 Å². The third kappa shape index (κ3) is 4.34. The highest BCUT2D eigenvalue weighted by Gasteiger charge is 1.98. The monoisotopic (exact) mass is 180 g/mol. The Kier molecular flexibility index (Phi) is 5.50. The van der Waals surface area contributed by atoms with Gasteiger partial charge in [-0.05, 0) is 12.1 Å². The van der Waals surface area contributed by atoms with Gasteiger partial charge in [-0.1, -0.05) is 0 Å². The number of aliphatic hydroxyl groups excluding tert-OH is 1. The number of nitrogens with zero attached hydrogens (tertiary/aromatic N) is 2. The summed E-state index contributed by atoms with van der Waals surface area (Å²) in [5.74, 6) is 4.58. The zero-order valence-corrected chi connectivity index (χ0v) is 6.64. The molecule has 1 aromatic heterocycles. The van der Waals surface area contributed by atoms with Crippen LogP contribution in [0.4, 0.5) is 0 Å². The molecular formula is C7H8N4O2. The number of aromatic nitrogens is 1. The summed E-state index contributed by atoms with van der Waals surface area (Å²) < 4.78 is 0. The molecular weight excluding hydrogens is 172 g/mol. The quantitative estimate of drug-likeness (QED) is 0.234. The maximum Gasteiger partial charge on any atom is 0.283 e. The number of carbonyl (C=O) groups excluding carboxylic acids is 1. The Balaban J connectivity index is 0.000000424. The Morgan fingerprint density at radius 1 is 1.62 bits per heavy atom. The molecule has 0 unspecified atom stereocenters. The molecule has 6 nitrogen and oxygen atoms in total. The minimum Gasteiger partial charge on any atom is -0.443 e. The van der Waals surface area contributed by atoms with Crippen molar-refractivity contribution in [3.05, 3.63) is 30.1 Å². The van der Waals surface area contributed by atoms with Gasteiger partial charge in [0.25, 0.3) is 12.2 Å². The number of amides is 1. The number of aliphatic hydroxyl groups is 1. The number of hydrogen-bond donors (Lipinski definition) is 3. The van der Waals surface area contributed by atoms with Crippen molar-refractivity contribution in [3.63, 3.8) is 0 Å². The molecule has 0 saturated carbocycles. The zero-order chi connectivity index (χ0) is 10.1. The van der Waals surface area contributed by atoms with Gasteiger partial charge in [-0.2, -0.15) is 5.26 Å². The van der Waals surface area contributed by atoms with E-state index in [0.717, 1.165) is 6.26 Å². The first-order valence-corrected chi connectivity index (χ1v) is 3.20. The first-order valence-electron chi connectivity index (χ1n) is 3.20. The second-order valence-electron chi connectivity index (χ2n) is 1.81. The number of hydrazine groups is 1. The van der Waals surface area contributed by atoms with Crippen LogP contribution in [0.3, 0.4) is 0 Å². The molecule has 0 aliphatic rings. The molecule has 68 valence electrons. The highest BCUT2D eigenvalue weighted by atomic mass is 16.2. The summed E-state index contributed by atoms with van der Waals surface area (Å²) in [6, 6.07) is 3.17. The van der Waals surface area contributed by atoms with Crippen LogP contribution < -0.4 is 11.3 Å². The smallest absolute Gasteiger partial charge is 0.283 e. The molecule has 0 aromatic carbocycles. The van der Waals surface area contributed by atoms with E-state index in [-0.39, 0.29) is 5.91 Å². The summed E-state index contributed by atoms with van der Waals surface area (Å²) in [5.41, 5.74) is 2.53. The number of pyridine rings is 1. The predicted molar refractivity (Wildman–Crippen MR) is 43.4 cm³/mol. The van der Waals surface area contributed by atoms with Crippen molar-refractivity contribution in [1.82, 2.24) is 10.4 Å². The molecule has 0 radical (unpaired) electrons. The fourth-order valence-corrected chi connectivity index (χ4v) is 0.587. The molecule has 13 heavy (non-hydrogen) atoms. The van der Waals surface area contributed by atoms with Gasteiger partial charge < -0.3 is 5.11 Å². The van der Waals surface area contributed by atoms with Gasteiger partial charge in [0.15, 0.2) is 0 Å². The van der Waals surface area contributed by atoms with E-state index in [4.69, 9.17) is 16.2 Å². The van der Waals surface area contributed by atoms with Gasteiger partial charge in [0.1, 0.15) is 0 Å². The number of carbonyl (C=O) groups is 1. The van der Waals surface area contributed by atoms with E-state index in [2.05, 4.69) is 4.98 Å². The molecule has 0 fully saturated rings. The van der Waals surface area contributed by atoms with Gasteiger partial charge in [-0.25, -0.2) is 5.84 Å². The standard InChI is InChI=1S/C6H7N3O.CHNO/c7-9-6(10)5-1-3-8-4-2-5;2-1-3/h1-4H,7H2,(H,9,10);3H. The third-order valence-corrected chi connectivity index (χ3v) is 1.07. The van der Waals surface area contributed by atoms with E-state index in [0.29, 0.717) is 5.56 Å². The molecule has 6 heteroatoms. The maximum absolute atomic E-state index is 10.7. The summed E-state index contributed by atoms with van der Waals surface area (Å²) in [6.45, 7) is 0. The minimum absolute atomic E-state index is 0.303. The van der Waals surface area contributed by atoms with Crippen molar-refractivity contribution >= 4 is 5.91 Å². The number of nitrogens with one attached hydrogen (secondary N) is 1. The van der Waals surface area contributed by atoms with Gasteiger partial charge in [0.2, 0.25) is 0 Å². The lowest BCUT2D eigenvalue weighted by Crippen LogP contribution is -2.29. The normalized spacial score (nSPS) is 7.38. The van der Waals surface area contributed by atoms with Crippen LogP contribution in [0.25, 0.3) is 0 Å². The second kappa shape index (κ2) is 6.57. The van der Waals surface area contributed by atoms with Gasteiger partial charge in [0, 0.05) is 18.0 Å². The van der Waals surface area contributed by atoms with Crippen molar-refractivity contribution in [1.29, 1.82) is 5.26 Å². The van der Waals surface area contributed by atoms with Crippen LogP contribution in [-0.2, 0) is 0 Å². The third-order valence-electron chi connectivity index (χ3n) is 1.07. The highest BCUT2D eigenvalue weighted by Crippen LogP contribution is 1.93. The average Bonchev–Trinajstić information content (AvgIpc) is 2.19. The Labute approximate surface area is 74.6 Å². The SMILES string of the molecule is N#CO.NNC(=O)c1ccncc1. The van der Waals surface area contributed by atoms with E-state index in [1.165, 1.54) is 12.4 Å². The van der Waals surface area contributed by atoms with Crippen LogP contribution >= 0.6 is 0 Å². The molecule has 0 spiro atoms. The molecule has 1 amide bonds. The van der Waals surface area contributed by atoms with Crippen LogP contribution in [0.5, 0.6) is 0 Å². The Morgan fingerprint density at radius 2 is 2.08 bits per heavy atom. The first kappa shape index (κ1) is 10.9. The van der Waals surface area contributed by atoms with Gasteiger partial charge in [0.05, 0.1) is 0 Å². The fraction of sp³-hybridized carbons (Fsp3) is 0. The second-order valence-corrected chi connectivity index (χ2v) is 1.81. The van der Waals surface area contributed by atoms with Gasteiger partial charge in [-0.15, -0.1) is 0 Å². The van der Waals surface area contributed by atoms with E-state index >= 15 is 0 Å². The maximum atomic E-state index is 10.7. The van der Waals surface area contributed by atoms with E-state index < -0.39 is 0 Å². The highest BCUT2D eigenvalue weighted by molar-refractivity contribution is 5.93. The fourth-order valence-electron chi connectivity index (χ4n) is 0.587. The van der Waals surface area contributed by atoms with Crippen molar-refractivity contribution < 1.29 is 9.90 Å². The molecule has 0 aliphatic heterocycles. The largest absolute Gasteiger partial charge is 0.443 e. The summed E-state index contributed by atoms with van der Waals surface area (Å²) in [5, 5.41) is 13.8. The summed E-state index contributed by atoms with van der Waals surface area (Å²) >= 11 is 0. The Bertz CT molecular complexity index is 293. The molecule has 0 bridgehead atoms. The average molecular weight is 180 g/mol. The lowest BCUT2D eigenvalue weighted by molar-refractivity contribution is 0.0953. The molecule has 0 saturated heterocycles. The van der Waals surface area contributed by atoms with Crippen LogP contribution in [0.1, 0.15) is 10.4 Å². The summed E-state index contributed by atoms with van der Waals surface area (Å²) in [4.78, 5) is 14.5. The number of nitriles is 1. The van der Waals surface area contributed by atoms with Crippen LogP contribution in [0.15, 0.2) is 24.5 Å². The lowest BCUT2D eigenvalue weighted by Gasteiger charge is -1.95. The Hall–Kier alpha value is -2.13. The van der Waals surface area contributed by atoms with Crippen LogP contribution in [0.2, 0.25) is 0 Å². The van der Waals surface area contributed by atoms with Crippen molar-refractivity contribution in [2.45, 2.75) is 0 Å². The summed E-state index contributed by atoms with van der Waals surface area (Å²) in [6.07, 6.45) is 3.81. The molecule has 1 aromatic rings. The lowest BCUT2D eigenvalue weighted by atomic mass is 10.3. The molecule has 1 rings (SSSR count). The minimum atomic E-state index is -0.303. The molecule has 0 atom stereocenters. The number of nitrogen functional groups attached to an aromatic ring is 1. The van der Waals surface area contributed by atoms with E-state index in [1.54, 1.807) is 12.1 Å². The van der Waals surface area contributed by atoms with Crippen molar-refractivity contribution in [2.75, 3.05) is 0 Å². The predicted octanol–water partition coefficient (Wildman–Crippen LogP) is -0.475. The van der Waals surface area contributed by atoms with Crippen LogP contribution in [0, 0.1) is 11.5 Å². The van der Waals surface area contributed by atoms with E-state index in [1.807, 2.05) is 5.43 Å². The number of nitrogens with two attached hydrogens (primary N) is 1. The van der Waals surface area contributed by atoms with Crippen molar-refractivity contribution in [3.8, 4) is 6.26 Å².